The summed E-state index contributed by atoms with van der Waals surface area (Å²) in [5.74, 6) is 1.82. The first-order valence-corrected chi connectivity index (χ1v) is 9.92. The van der Waals surface area contributed by atoms with E-state index in [-0.39, 0.29) is 5.92 Å². The molecule has 2 saturated heterocycles. The second kappa shape index (κ2) is 6.99. The molecule has 4 nitrogen and oxygen atoms in total. The molecule has 1 aliphatic carbocycles. The maximum Gasteiger partial charge on any atom is 0.226 e. The highest BCUT2D eigenvalue weighted by atomic mass is 16.5. The fraction of sp³-hybridized carbons (Fsp3) is 0.667. The molecule has 0 spiro atoms. The van der Waals surface area contributed by atoms with Crippen molar-refractivity contribution in [1.29, 1.82) is 0 Å². The molecule has 0 bridgehead atoms. The molecule has 1 aromatic rings. The van der Waals surface area contributed by atoms with E-state index < -0.39 is 0 Å². The van der Waals surface area contributed by atoms with Crippen LogP contribution in [0.3, 0.4) is 0 Å². The standard InChI is InChI=1S/C21H30N2O2/c1-3-22-12-6-9-18(22)19-10-7-13-23(19)21(24)17-14-16(17)15-8-4-5-11-20(15)25-2/h4-5,8,11,16-19H,3,6-7,9-10,12-14H2,1-2H3/t16-,17+,18-,19+/m1/s1. The first-order valence-electron chi connectivity index (χ1n) is 9.92. The third-order valence-electron chi connectivity index (χ3n) is 6.49. The van der Waals surface area contributed by atoms with Gasteiger partial charge in [-0.2, -0.15) is 0 Å². The monoisotopic (exact) mass is 342 g/mol. The molecule has 1 amide bonds. The summed E-state index contributed by atoms with van der Waals surface area (Å²) < 4.78 is 5.50. The molecular weight excluding hydrogens is 312 g/mol. The number of nitrogens with zero attached hydrogens (tertiary/aromatic N) is 2. The van der Waals surface area contributed by atoms with Crippen LogP contribution >= 0.6 is 0 Å². The second-order valence-electron chi connectivity index (χ2n) is 7.77. The highest BCUT2D eigenvalue weighted by Gasteiger charge is 2.50. The third kappa shape index (κ3) is 3.05. The summed E-state index contributed by atoms with van der Waals surface area (Å²) in [6.07, 6.45) is 5.85. The number of methoxy groups -OCH3 is 1. The highest BCUT2D eigenvalue weighted by Crippen LogP contribution is 2.52. The van der Waals surface area contributed by atoms with E-state index in [0.29, 0.717) is 23.9 Å². The number of rotatable bonds is 5. The number of benzene rings is 1. The number of para-hydroxylation sites is 1. The molecular formula is C21H30N2O2. The summed E-state index contributed by atoms with van der Waals surface area (Å²) in [6.45, 7) is 5.51. The van der Waals surface area contributed by atoms with Crippen molar-refractivity contribution in [3.05, 3.63) is 29.8 Å². The molecule has 3 aliphatic rings. The Hall–Kier alpha value is -1.55. The molecule has 1 aromatic carbocycles. The van der Waals surface area contributed by atoms with Crippen LogP contribution in [-0.2, 0) is 4.79 Å². The average molecular weight is 342 g/mol. The number of likely N-dealkylation sites (N-methyl/N-ethyl adjacent to an activating group) is 1. The predicted molar refractivity (Wildman–Crippen MR) is 98.8 cm³/mol. The zero-order chi connectivity index (χ0) is 17.4. The molecule has 2 heterocycles. The van der Waals surface area contributed by atoms with Crippen molar-refractivity contribution in [3.63, 3.8) is 0 Å². The molecule has 4 atom stereocenters. The van der Waals surface area contributed by atoms with Crippen molar-refractivity contribution in [3.8, 4) is 5.75 Å². The summed E-state index contributed by atoms with van der Waals surface area (Å²) in [5, 5.41) is 0. The van der Waals surface area contributed by atoms with E-state index >= 15 is 0 Å². The lowest BCUT2D eigenvalue weighted by molar-refractivity contribution is -0.134. The zero-order valence-corrected chi connectivity index (χ0v) is 15.5. The van der Waals surface area contributed by atoms with Crippen LogP contribution < -0.4 is 4.74 Å². The normalized spacial score (nSPS) is 32.2. The minimum absolute atomic E-state index is 0.161. The Morgan fingerprint density at radius 2 is 1.92 bits per heavy atom. The Bertz CT molecular complexity index is 632. The SMILES string of the molecule is CCN1CCC[C@@H]1[C@@H]1CCCN1C(=O)[C@H]1C[C@@H]1c1ccccc1OC. The minimum atomic E-state index is 0.161. The Kier molecular flexibility index (Phi) is 4.72. The number of carbonyl (C=O) groups is 1. The molecule has 25 heavy (non-hydrogen) atoms. The van der Waals surface area contributed by atoms with E-state index in [1.165, 1.54) is 31.4 Å². The first-order chi connectivity index (χ1) is 12.2. The molecule has 1 saturated carbocycles. The summed E-state index contributed by atoms with van der Waals surface area (Å²) in [4.78, 5) is 18.0. The van der Waals surface area contributed by atoms with Crippen LogP contribution in [0, 0.1) is 5.92 Å². The van der Waals surface area contributed by atoms with Gasteiger partial charge in [0.25, 0.3) is 0 Å². The Morgan fingerprint density at radius 1 is 1.16 bits per heavy atom. The van der Waals surface area contributed by atoms with Crippen LogP contribution in [0.1, 0.15) is 50.5 Å². The predicted octanol–water partition coefficient (Wildman–Crippen LogP) is 3.27. The molecule has 2 aliphatic heterocycles. The van der Waals surface area contributed by atoms with Crippen molar-refractivity contribution in [1.82, 2.24) is 9.80 Å². The quantitative estimate of drug-likeness (QED) is 0.823. The second-order valence-corrected chi connectivity index (χ2v) is 7.77. The Morgan fingerprint density at radius 3 is 2.72 bits per heavy atom. The van der Waals surface area contributed by atoms with Crippen LogP contribution in [0.4, 0.5) is 0 Å². The topological polar surface area (TPSA) is 32.8 Å². The van der Waals surface area contributed by atoms with Gasteiger partial charge in [-0.3, -0.25) is 9.69 Å². The maximum atomic E-state index is 13.2. The van der Waals surface area contributed by atoms with Crippen LogP contribution in [0.15, 0.2) is 24.3 Å². The molecule has 0 aromatic heterocycles. The summed E-state index contributed by atoms with van der Waals surface area (Å²) in [5.41, 5.74) is 1.20. The van der Waals surface area contributed by atoms with Crippen molar-refractivity contribution >= 4 is 5.91 Å². The van der Waals surface area contributed by atoms with Crippen molar-refractivity contribution in [2.24, 2.45) is 5.92 Å². The van der Waals surface area contributed by atoms with Crippen molar-refractivity contribution < 1.29 is 9.53 Å². The van der Waals surface area contributed by atoms with Gasteiger partial charge in [-0.05, 0) is 62.7 Å². The van der Waals surface area contributed by atoms with Gasteiger partial charge < -0.3 is 9.64 Å². The fourth-order valence-corrected chi connectivity index (χ4v) is 5.14. The molecule has 4 rings (SSSR count). The molecule has 3 fully saturated rings. The van der Waals surface area contributed by atoms with Gasteiger partial charge in [-0.15, -0.1) is 0 Å². The van der Waals surface area contributed by atoms with Gasteiger partial charge in [0.2, 0.25) is 5.91 Å². The number of hydrogen-bond acceptors (Lipinski definition) is 3. The van der Waals surface area contributed by atoms with Gasteiger partial charge >= 0.3 is 0 Å². The lowest BCUT2D eigenvalue weighted by atomic mass is 10.0. The smallest absolute Gasteiger partial charge is 0.226 e. The maximum absolute atomic E-state index is 13.2. The number of ether oxygens (including phenoxy) is 1. The van der Waals surface area contributed by atoms with Crippen LogP contribution in [0.25, 0.3) is 0 Å². The van der Waals surface area contributed by atoms with Crippen molar-refractivity contribution in [2.45, 2.75) is 57.0 Å². The average Bonchev–Trinajstić information content (AvgIpc) is 3.06. The van der Waals surface area contributed by atoms with Crippen LogP contribution in [0.2, 0.25) is 0 Å². The van der Waals surface area contributed by atoms with E-state index in [1.54, 1.807) is 7.11 Å². The van der Waals surface area contributed by atoms with E-state index in [9.17, 15) is 4.79 Å². The third-order valence-corrected chi connectivity index (χ3v) is 6.49. The lowest BCUT2D eigenvalue weighted by Crippen LogP contribution is -2.48. The van der Waals surface area contributed by atoms with Gasteiger partial charge in [-0.1, -0.05) is 25.1 Å². The van der Waals surface area contributed by atoms with Gasteiger partial charge in [0.05, 0.1) is 7.11 Å². The zero-order valence-electron chi connectivity index (χ0n) is 15.5. The fourth-order valence-electron chi connectivity index (χ4n) is 5.14. The molecule has 0 N–H and O–H groups in total. The van der Waals surface area contributed by atoms with E-state index in [4.69, 9.17) is 4.74 Å². The van der Waals surface area contributed by atoms with Gasteiger partial charge in [0.1, 0.15) is 5.75 Å². The minimum Gasteiger partial charge on any atom is -0.496 e. The van der Waals surface area contributed by atoms with Gasteiger partial charge in [0, 0.05) is 24.5 Å². The van der Waals surface area contributed by atoms with E-state index in [2.05, 4.69) is 22.8 Å². The van der Waals surface area contributed by atoms with Crippen molar-refractivity contribution in [2.75, 3.05) is 26.7 Å². The largest absolute Gasteiger partial charge is 0.496 e. The van der Waals surface area contributed by atoms with Crippen LogP contribution in [-0.4, -0.2) is 54.5 Å². The summed E-state index contributed by atoms with van der Waals surface area (Å²) in [6, 6.07) is 9.19. The molecule has 0 radical (unpaired) electrons. The Balaban J connectivity index is 1.46. The Labute approximate surface area is 151 Å². The summed E-state index contributed by atoms with van der Waals surface area (Å²) >= 11 is 0. The highest BCUT2D eigenvalue weighted by molar-refractivity contribution is 5.84. The van der Waals surface area contributed by atoms with E-state index in [1.807, 2.05) is 18.2 Å². The molecule has 0 unspecified atom stereocenters. The molecule has 136 valence electrons. The lowest BCUT2D eigenvalue weighted by Gasteiger charge is -2.34. The number of carbonyl (C=O) groups excluding carboxylic acids is 1. The van der Waals surface area contributed by atoms with Gasteiger partial charge in [0.15, 0.2) is 0 Å². The molecule has 4 heteroatoms. The van der Waals surface area contributed by atoms with E-state index in [0.717, 1.165) is 31.7 Å². The number of hydrogen-bond donors (Lipinski definition) is 0. The first kappa shape index (κ1) is 16.9. The summed E-state index contributed by atoms with van der Waals surface area (Å²) in [7, 11) is 1.72. The van der Waals surface area contributed by atoms with Crippen LogP contribution in [0.5, 0.6) is 5.75 Å². The van der Waals surface area contributed by atoms with Gasteiger partial charge in [-0.25, -0.2) is 0 Å². The number of likely N-dealkylation sites (tertiary alicyclic amines) is 2. The number of amides is 1.